The van der Waals surface area contributed by atoms with Crippen LogP contribution in [0.2, 0.25) is 5.02 Å². The molecule has 136 valence electrons. The molecule has 0 atom stereocenters. The van der Waals surface area contributed by atoms with E-state index in [1.807, 2.05) is 0 Å². The van der Waals surface area contributed by atoms with Gasteiger partial charge in [-0.3, -0.25) is 9.20 Å². The monoisotopic (exact) mass is 464 g/mol. The van der Waals surface area contributed by atoms with E-state index in [-0.39, 0.29) is 27.5 Å². The molecule has 3 rings (SSSR count). The minimum atomic E-state index is -4.55. The number of halogens is 5. The summed E-state index contributed by atoms with van der Waals surface area (Å²) < 4.78 is 40.8. The SMILES string of the molecule is O=C(CSc1nnc2c(Cl)cc(C(F)(F)F)cn12)Nc1ccc(Br)cc1. The Balaban J connectivity index is 1.75. The number of fused-ring (bicyclic) bond motifs is 1. The second-order valence-electron chi connectivity index (χ2n) is 5.09. The number of anilines is 1. The fourth-order valence-corrected chi connectivity index (χ4v) is 3.27. The maximum absolute atomic E-state index is 12.9. The van der Waals surface area contributed by atoms with Gasteiger partial charge in [0.25, 0.3) is 0 Å². The summed E-state index contributed by atoms with van der Waals surface area (Å²) in [4.78, 5) is 12.0. The van der Waals surface area contributed by atoms with Crippen LogP contribution < -0.4 is 5.32 Å². The normalized spacial score (nSPS) is 11.7. The zero-order valence-corrected chi connectivity index (χ0v) is 15.9. The Kier molecular flexibility index (Phi) is 5.44. The number of aromatic nitrogens is 3. The van der Waals surface area contributed by atoms with E-state index in [0.717, 1.165) is 32.9 Å². The Morgan fingerprint density at radius 2 is 1.96 bits per heavy atom. The summed E-state index contributed by atoms with van der Waals surface area (Å²) in [7, 11) is 0. The lowest BCUT2D eigenvalue weighted by molar-refractivity contribution is -0.137. The van der Waals surface area contributed by atoms with Gasteiger partial charge in [0.15, 0.2) is 10.8 Å². The number of thioether (sulfide) groups is 1. The molecule has 1 amide bonds. The first-order valence-electron chi connectivity index (χ1n) is 7.04. The van der Waals surface area contributed by atoms with Crippen LogP contribution in [0.5, 0.6) is 0 Å². The standard InChI is InChI=1S/C15H9BrClF3N4OS/c16-9-1-3-10(4-2-9)21-12(25)7-26-14-23-22-13-11(17)5-8(6-24(13)14)15(18,19)20/h1-6H,7H2,(H,21,25). The van der Waals surface area contributed by atoms with E-state index in [1.165, 1.54) is 0 Å². The molecule has 2 aromatic heterocycles. The highest BCUT2D eigenvalue weighted by Gasteiger charge is 2.32. The number of carbonyl (C=O) groups is 1. The molecule has 0 aliphatic heterocycles. The van der Waals surface area contributed by atoms with Crippen LogP contribution in [0.25, 0.3) is 5.65 Å². The average Bonchev–Trinajstić information content (AvgIpc) is 2.98. The van der Waals surface area contributed by atoms with Gasteiger partial charge in [-0.1, -0.05) is 39.3 Å². The first kappa shape index (κ1) is 19.0. The third-order valence-corrected chi connectivity index (χ3v) is 4.97. The van der Waals surface area contributed by atoms with Crippen LogP contribution in [0.3, 0.4) is 0 Å². The van der Waals surface area contributed by atoms with Crippen LogP contribution in [0.1, 0.15) is 5.56 Å². The van der Waals surface area contributed by atoms with Crippen molar-refractivity contribution < 1.29 is 18.0 Å². The van der Waals surface area contributed by atoms with E-state index in [1.54, 1.807) is 24.3 Å². The second kappa shape index (κ2) is 7.45. The van der Waals surface area contributed by atoms with Gasteiger partial charge in [0.2, 0.25) is 5.91 Å². The number of amides is 1. The number of nitrogens with zero attached hydrogens (tertiary/aromatic N) is 3. The van der Waals surface area contributed by atoms with Gasteiger partial charge < -0.3 is 5.32 Å². The van der Waals surface area contributed by atoms with E-state index in [4.69, 9.17) is 11.6 Å². The van der Waals surface area contributed by atoms with E-state index in [9.17, 15) is 18.0 Å². The number of hydrogen-bond acceptors (Lipinski definition) is 4. The molecule has 0 radical (unpaired) electrons. The Bertz CT molecular complexity index is 962. The first-order valence-corrected chi connectivity index (χ1v) is 9.19. The first-order chi connectivity index (χ1) is 12.2. The molecule has 0 bridgehead atoms. The summed E-state index contributed by atoms with van der Waals surface area (Å²) in [6.45, 7) is 0. The maximum Gasteiger partial charge on any atom is 0.417 e. The van der Waals surface area contributed by atoms with Crippen molar-refractivity contribution in [2.45, 2.75) is 11.3 Å². The predicted octanol–water partition coefficient (Wildman–Crippen LogP) is 4.89. The van der Waals surface area contributed by atoms with Gasteiger partial charge in [0, 0.05) is 16.4 Å². The lowest BCUT2D eigenvalue weighted by atomic mass is 10.3. The highest BCUT2D eigenvalue weighted by Crippen LogP contribution is 2.33. The molecule has 0 aliphatic carbocycles. The number of pyridine rings is 1. The molecule has 0 unspecified atom stereocenters. The van der Waals surface area contributed by atoms with Gasteiger partial charge >= 0.3 is 6.18 Å². The van der Waals surface area contributed by atoms with Crippen LogP contribution in [0.15, 0.2) is 46.2 Å². The molecule has 1 N–H and O–H groups in total. The molecule has 11 heteroatoms. The summed E-state index contributed by atoms with van der Waals surface area (Å²) >= 11 is 10.1. The van der Waals surface area contributed by atoms with Gasteiger partial charge in [-0.25, -0.2) is 0 Å². The minimum absolute atomic E-state index is 0.0509. The van der Waals surface area contributed by atoms with Gasteiger partial charge in [0.05, 0.1) is 16.3 Å². The molecule has 26 heavy (non-hydrogen) atoms. The van der Waals surface area contributed by atoms with Crippen molar-refractivity contribution in [2.75, 3.05) is 11.1 Å². The third-order valence-electron chi connectivity index (χ3n) is 3.22. The Morgan fingerprint density at radius 3 is 2.62 bits per heavy atom. The van der Waals surface area contributed by atoms with Gasteiger partial charge in [0.1, 0.15) is 0 Å². The summed E-state index contributed by atoms with van der Waals surface area (Å²) in [5, 5.41) is 10.2. The van der Waals surface area contributed by atoms with Gasteiger partial charge in [-0.05, 0) is 30.3 Å². The van der Waals surface area contributed by atoms with Crippen LogP contribution in [0, 0.1) is 0 Å². The number of carbonyl (C=O) groups excluding carboxylic acids is 1. The van der Waals surface area contributed by atoms with Crippen molar-refractivity contribution in [3.8, 4) is 0 Å². The lowest BCUT2D eigenvalue weighted by Gasteiger charge is -2.09. The summed E-state index contributed by atoms with van der Waals surface area (Å²) in [6.07, 6.45) is -3.70. The molecule has 0 saturated carbocycles. The van der Waals surface area contributed by atoms with Crippen molar-refractivity contribution in [3.63, 3.8) is 0 Å². The Morgan fingerprint density at radius 1 is 1.27 bits per heavy atom. The smallest absolute Gasteiger partial charge is 0.325 e. The van der Waals surface area contributed by atoms with E-state index >= 15 is 0 Å². The Hall–Kier alpha value is -1.78. The van der Waals surface area contributed by atoms with Crippen LogP contribution in [-0.4, -0.2) is 26.3 Å². The molecule has 0 fully saturated rings. The van der Waals surface area contributed by atoms with Crippen LogP contribution in [0.4, 0.5) is 18.9 Å². The number of nitrogens with one attached hydrogen (secondary N) is 1. The fraction of sp³-hybridized carbons (Fsp3) is 0.133. The molecule has 5 nitrogen and oxygen atoms in total. The van der Waals surface area contributed by atoms with Gasteiger partial charge in [-0.2, -0.15) is 13.2 Å². The third kappa shape index (κ3) is 4.30. The topological polar surface area (TPSA) is 59.3 Å². The van der Waals surface area contributed by atoms with Crippen molar-refractivity contribution in [1.82, 2.24) is 14.6 Å². The molecular weight excluding hydrogens is 457 g/mol. The summed E-state index contributed by atoms with van der Waals surface area (Å²) in [6, 6.07) is 7.77. The molecule has 3 aromatic rings. The molecule has 2 heterocycles. The lowest BCUT2D eigenvalue weighted by Crippen LogP contribution is -2.14. The molecule has 0 aliphatic rings. The van der Waals surface area contributed by atoms with Crippen LogP contribution in [-0.2, 0) is 11.0 Å². The number of hydrogen-bond donors (Lipinski definition) is 1. The number of alkyl halides is 3. The molecular formula is C15H9BrClF3N4OS. The summed E-state index contributed by atoms with van der Waals surface area (Å²) in [5.41, 5.74) is -0.223. The quantitative estimate of drug-likeness (QED) is 0.557. The van der Waals surface area contributed by atoms with E-state index in [0.29, 0.717) is 5.69 Å². The highest BCUT2D eigenvalue weighted by molar-refractivity contribution is 9.10. The minimum Gasteiger partial charge on any atom is -0.325 e. The van der Waals surface area contributed by atoms with Crippen molar-refractivity contribution >= 4 is 56.5 Å². The second-order valence-corrected chi connectivity index (χ2v) is 7.36. The van der Waals surface area contributed by atoms with Crippen molar-refractivity contribution in [1.29, 1.82) is 0 Å². The largest absolute Gasteiger partial charge is 0.417 e. The van der Waals surface area contributed by atoms with Crippen molar-refractivity contribution in [3.05, 3.63) is 51.6 Å². The highest BCUT2D eigenvalue weighted by atomic mass is 79.9. The van der Waals surface area contributed by atoms with Gasteiger partial charge in [-0.15, -0.1) is 10.2 Å². The average molecular weight is 466 g/mol. The number of benzene rings is 1. The van der Waals surface area contributed by atoms with E-state index in [2.05, 4.69) is 31.4 Å². The molecule has 0 spiro atoms. The van der Waals surface area contributed by atoms with Crippen molar-refractivity contribution in [2.24, 2.45) is 0 Å². The van der Waals surface area contributed by atoms with E-state index < -0.39 is 11.7 Å². The molecule has 0 saturated heterocycles. The zero-order chi connectivity index (χ0) is 18.9. The summed E-state index contributed by atoms with van der Waals surface area (Å²) in [5.74, 6) is -0.378. The fourth-order valence-electron chi connectivity index (χ4n) is 2.05. The molecule has 1 aromatic carbocycles. The Labute approximate surface area is 163 Å². The predicted molar refractivity (Wildman–Crippen MR) is 96.5 cm³/mol. The number of rotatable bonds is 4. The maximum atomic E-state index is 12.9. The zero-order valence-electron chi connectivity index (χ0n) is 12.7. The van der Waals surface area contributed by atoms with Crippen LogP contribution >= 0.6 is 39.3 Å².